The Morgan fingerprint density at radius 2 is 1.96 bits per heavy atom. The van der Waals surface area contributed by atoms with Gasteiger partial charge in [0.15, 0.2) is 0 Å². The normalized spacial score (nSPS) is 15.0. The summed E-state index contributed by atoms with van der Waals surface area (Å²) in [6.07, 6.45) is 6.49. The van der Waals surface area contributed by atoms with Crippen LogP contribution in [0.2, 0.25) is 0 Å². The van der Waals surface area contributed by atoms with Gasteiger partial charge in [0.25, 0.3) is 0 Å². The molecule has 3 N–H and O–H groups in total. The van der Waals surface area contributed by atoms with E-state index in [9.17, 15) is 4.79 Å². The van der Waals surface area contributed by atoms with E-state index in [-0.39, 0.29) is 0 Å². The molecule has 1 aliphatic carbocycles. The Labute approximate surface area is 173 Å². The van der Waals surface area contributed by atoms with Gasteiger partial charge >= 0.3 is 0 Å². The minimum absolute atomic E-state index is 0.425. The van der Waals surface area contributed by atoms with Crippen LogP contribution in [-0.4, -0.2) is 15.5 Å². The van der Waals surface area contributed by atoms with Gasteiger partial charge in [-0.15, -0.1) is 0 Å². The van der Waals surface area contributed by atoms with Gasteiger partial charge in [-0.2, -0.15) is 0 Å². The molecule has 0 radical (unpaired) electrons. The van der Waals surface area contributed by atoms with Crippen molar-refractivity contribution in [2.75, 3.05) is 5.32 Å². The number of aromatic nitrogens is 2. The van der Waals surface area contributed by atoms with Crippen LogP contribution in [0.3, 0.4) is 0 Å². The van der Waals surface area contributed by atoms with Gasteiger partial charge in [-0.05, 0) is 48.6 Å². The van der Waals surface area contributed by atoms with E-state index in [0.717, 1.165) is 28.0 Å². The monoisotopic (exact) mass is 440 g/mol. The van der Waals surface area contributed by atoms with E-state index in [1.165, 1.54) is 37.7 Å². The minimum atomic E-state index is -0.425. The molecule has 3 aromatic rings. The van der Waals surface area contributed by atoms with Crippen LogP contribution in [0.15, 0.2) is 46.9 Å². The molecule has 1 heterocycles. The van der Waals surface area contributed by atoms with Crippen molar-refractivity contribution < 1.29 is 4.79 Å². The number of hydrogen-bond donors (Lipinski definition) is 2. The van der Waals surface area contributed by atoms with Crippen LogP contribution in [0.4, 0.5) is 5.95 Å². The predicted octanol–water partition coefficient (Wildman–Crippen LogP) is 5.09. The number of nitrogens with two attached hydrogens (primary N) is 1. The van der Waals surface area contributed by atoms with Crippen LogP contribution in [0.1, 0.15) is 48.0 Å². The lowest BCUT2D eigenvalue weighted by atomic mass is 9.89. The van der Waals surface area contributed by atoms with Crippen LogP contribution in [0.5, 0.6) is 0 Å². The lowest BCUT2D eigenvalue weighted by Crippen LogP contribution is -2.16. The highest BCUT2D eigenvalue weighted by Gasteiger charge is 2.19. The van der Waals surface area contributed by atoms with Gasteiger partial charge in [-0.25, -0.2) is 4.98 Å². The molecule has 28 heavy (non-hydrogen) atoms. The SMILES string of the molecule is NC(=O)c1ccc2c(c1)nc(NCc1ccccc1Br)n2CC1CCCCC1. The number of carbonyl (C=O) groups excluding carboxylic acids is 1. The third-order valence-electron chi connectivity index (χ3n) is 5.59. The van der Waals surface area contributed by atoms with E-state index in [0.29, 0.717) is 18.0 Å². The van der Waals surface area contributed by atoms with E-state index in [2.05, 4.69) is 31.9 Å². The zero-order valence-electron chi connectivity index (χ0n) is 15.8. The first kappa shape index (κ1) is 19.0. The molecule has 1 aromatic heterocycles. The molecular formula is C22H25BrN4O. The molecule has 146 valence electrons. The maximum Gasteiger partial charge on any atom is 0.248 e. The molecule has 4 rings (SSSR count). The van der Waals surface area contributed by atoms with Crippen LogP contribution in [0, 0.1) is 5.92 Å². The maximum absolute atomic E-state index is 11.6. The number of carbonyl (C=O) groups is 1. The third-order valence-corrected chi connectivity index (χ3v) is 6.37. The summed E-state index contributed by atoms with van der Waals surface area (Å²) in [6.45, 7) is 1.63. The van der Waals surface area contributed by atoms with E-state index in [4.69, 9.17) is 10.7 Å². The molecule has 1 fully saturated rings. The van der Waals surface area contributed by atoms with Crippen LogP contribution >= 0.6 is 15.9 Å². The molecule has 0 bridgehead atoms. The number of benzene rings is 2. The molecule has 0 aliphatic heterocycles. The number of nitrogens with one attached hydrogen (secondary N) is 1. The van der Waals surface area contributed by atoms with Crippen molar-refractivity contribution in [2.45, 2.75) is 45.2 Å². The fraction of sp³-hybridized carbons (Fsp3) is 0.364. The number of rotatable bonds is 6. The number of nitrogens with zero attached hydrogens (tertiary/aromatic N) is 2. The standard InChI is InChI=1S/C22H25BrN4O/c23-18-9-5-4-8-17(18)13-25-22-26-19-12-16(21(24)28)10-11-20(19)27(22)14-15-6-2-1-3-7-15/h4-5,8-12,15H,1-3,6-7,13-14H2,(H2,24,28)(H,25,26). The van der Waals surface area contributed by atoms with Gasteiger partial charge < -0.3 is 15.6 Å². The Bertz CT molecular complexity index is 991. The summed E-state index contributed by atoms with van der Waals surface area (Å²) in [5.41, 5.74) is 8.98. The summed E-state index contributed by atoms with van der Waals surface area (Å²) in [6, 6.07) is 13.7. The lowest BCUT2D eigenvalue weighted by Gasteiger charge is -2.23. The van der Waals surface area contributed by atoms with E-state index in [1.807, 2.05) is 24.3 Å². The Morgan fingerprint density at radius 1 is 1.18 bits per heavy atom. The summed E-state index contributed by atoms with van der Waals surface area (Å²) in [5, 5.41) is 3.50. The van der Waals surface area contributed by atoms with Gasteiger partial charge in [0.05, 0.1) is 11.0 Å². The molecule has 2 aromatic carbocycles. The van der Waals surface area contributed by atoms with Gasteiger partial charge in [0.1, 0.15) is 0 Å². The molecular weight excluding hydrogens is 416 g/mol. The van der Waals surface area contributed by atoms with Crippen LogP contribution < -0.4 is 11.1 Å². The fourth-order valence-electron chi connectivity index (χ4n) is 4.05. The number of fused-ring (bicyclic) bond motifs is 1. The molecule has 1 aliphatic rings. The predicted molar refractivity (Wildman–Crippen MR) is 116 cm³/mol. The highest BCUT2D eigenvalue weighted by atomic mass is 79.9. The first-order valence-electron chi connectivity index (χ1n) is 9.89. The van der Waals surface area contributed by atoms with Gasteiger partial charge in [-0.1, -0.05) is 53.4 Å². The average Bonchev–Trinajstić information content (AvgIpc) is 3.05. The second kappa shape index (κ2) is 8.35. The average molecular weight is 441 g/mol. The first-order valence-corrected chi connectivity index (χ1v) is 10.7. The Kier molecular flexibility index (Phi) is 5.67. The largest absolute Gasteiger partial charge is 0.366 e. The molecule has 0 spiro atoms. The highest BCUT2D eigenvalue weighted by molar-refractivity contribution is 9.10. The Balaban J connectivity index is 1.66. The molecule has 6 heteroatoms. The third kappa shape index (κ3) is 4.07. The van der Waals surface area contributed by atoms with E-state index < -0.39 is 5.91 Å². The highest BCUT2D eigenvalue weighted by Crippen LogP contribution is 2.29. The number of amides is 1. The van der Waals surface area contributed by atoms with Gasteiger partial charge in [-0.3, -0.25) is 4.79 Å². The Hall–Kier alpha value is -2.34. The zero-order chi connectivity index (χ0) is 19.5. The molecule has 5 nitrogen and oxygen atoms in total. The van der Waals surface area contributed by atoms with Crippen molar-refractivity contribution in [3.63, 3.8) is 0 Å². The number of primary amides is 1. The van der Waals surface area contributed by atoms with Gasteiger partial charge in [0.2, 0.25) is 11.9 Å². The topological polar surface area (TPSA) is 72.9 Å². The second-order valence-corrected chi connectivity index (χ2v) is 8.42. The quantitative estimate of drug-likeness (QED) is 0.560. The van der Waals surface area contributed by atoms with Crippen LogP contribution in [-0.2, 0) is 13.1 Å². The summed E-state index contributed by atoms with van der Waals surface area (Å²) >= 11 is 3.61. The number of halogens is 1. The maximum atomic E-state index is 11.6. The van der Waals surface area contributed by atoms with Crippen LogP contribution in [0.25, 0.3) is 11.0 Å². The smallest absolute Gasteiger partial charge is 0.248 e. The number of anilines is 1. The van der Waals surface area contributed by atoms with E-state index in [1.54, 1.807) is 12.1 Å². The molecule has 1 saturated carbocycles. The van der Waals surface area contributed by atoms with Crippen molar-refractivity contribution in [3.8, 4) is 0 Å². The molecule has 1 amide bonds. The second-order valence-electron chi connectivity index (χ2n) is 7.56. The van der Waals surface area contributed by atoms with Crippen molar-refractivity contribution in [3.05, 3.63) is 58.1 Å². The lowest BCUT2D eigenvalue weighted by molar-refractivity contribution is 0.100. The fourth-order valence-corrected chi connectivity index (χ4v) is 4.47. The molecule has 0 saturated heterocycles. The minimum Gasteiger partial charge on any atom is -0.366 e. The zero-order valence-corrected chi connectivity index (χ0v) is 17.4. The first-order chi connectivity index (χ1) is 13.6. The van der Waals surface area contributed by atoms with Crippen molar-refractivity contribution in [1.29, 1.82) is 0 Å². The van der Waals surface area contributed by atoms with Crippen molar-refractivity contribution in [2.24, 2.45) is 11.7 Å². The number of imidazole rings is 1. The van der Waals surface area contributed by atoms with Crippen molar-refractivity contribution in [1.82, 2.24) is 9.55 Å². The van der Waals surface area contributed by atoms with E-state index >= 15 is 0 Å². The van der Waals surface area contributed by atoms with Gasteiger partial charge in [0, 0.05) is 23.1 Å². The number of hydrogen-bond acceptors (Lipinski definition) is 3. The summed E-state index contributed by atoms with van der Waals surface area (Å²) in [7, 11) is 0. The summed E-state index contributed by atoms with van der Waals surface area (Å²) in [5.74, 6) is 1.09. The molecule has 0 atom stereocenters. The summed E-state index contributed by atoms with van der Waals surface area (Å²) < 4.78 is 3.35. The Morgan fingerprint density at radius 3 is 2.71 bits per heavy atom. The summed E-state index contributed by atoms with van der Waals surface area (Å²) in [4.78, 5) is 16.4. The van der Waals surface area contributed by atoms with Crippen molar-refractivity contribution >= 4 is 38.8 Å². The molecule has 0 unspecified atom stereocenters.